The van der Waals surface area contributed by atoms with Crippen LogP contribution in [0.5, 0.6) is 0 Å². The first-order chi connectivity index (χ1) is 31.7. The largest absolute Gasteiger partial charge is 0.455 e. The summed E-state index contributed by atoms with van der Waals surface area (Å²) < 4.78 is 8.91. The van der Waals surface area contributed by atoms with Crippen LogP contribution in [0.1, 0.15) is 0 Å². The van der Waals surface area contributed by atoms with E-state index < -0.39 is 0 Å². The number of hydrogen-bond acceptors (Lipinski definition) is 4. The molecule has 0 spiro atoms. The summed E-state index contributed by atoms with van der Waals surface area (Å²) >= 11 is 0. The Kier molecular flexibility index (Phi) is 7.33. The van der Waals surface area contributed by atoms with E-state index in [9.17, 15) is 0 Å². The number of fused-ring (bicyclic) bond motifs is 15. The van der Waals surface area contributed by atoms with E-state index in [1.807, 2.05) is 12.1 Å². The van der Waals surface area contributed by atoms with Crippen molar-refractivity contribution in [2.24, 2.45) is 0 Å². The fourth-order valence-electron chi connectivity index (χ4n) is 10.3. The molecule has 0 N–H and O–H groups in total. The van der Waals surface area contributed by atoms with Crippen molar-refractivity contribution in [1.29, 1.82) is 0 Å². The Balaban J connectivity index is 1.06. The number of benzene rings is 11. The van der Waals surface area contributed by atoms with E-state index in [4.69, 9.17) is 19.4 Å². The molecule has 0 radical (unpaired) electrons. The normalized spacial score (nSPS) is 12.1. The molecule has 11 aromatic carbocycles. The highest BCUT2D eigenvalue weighted by Gasteiger charge is 2.23. The summed E-state index contributed by atoms with van der Waals surface area (Å²) in [5, 5.41) is 16.1. The van der Waals surface area contributed by atoms with Gasteiger partial charge in [-0.05, 0) is 89.9 Å². The zero-order valence-corrected chi connectivity index (χ0v) is 34.3. The highest BCUT2D eigenvalue weighted by Crippen LogP contribution is 2.43. The molecule has 3 aromatic heterocycles. The van der Waals surface area contributed by atoms with E-state index in [2.05, 4.69) is 199 Å². The fourth-order valence-corrected chi connectivity index (χ4v) is 10.3. The zero-order chi connectivity index (χ0) is 41.9. The lowest BCUT2D eigenvalue weighted by atomic mass is 9.93. The monoisotopic (exact) mass is 814 g/mol. The lowest BCUT2D eigenvalue weighted by molar-refractivity contribution is 0.672. The summed E-state index contributed by atoms with van der Waals surface area (Å²) in [6.07, 6.45) is 0. The molecule has 0 saturated carbocycles. The number of aromatic nitrogens is 4. The van der Waals surface area contributed by atoms with Gasteiger partial charge in [-0.3, -0.25) is 4.57 Å². The number of para-hydroxylation sites is 1. The molecule has 0 saturated heterocycles. The molecule has 3 heterocycles. The Morgan fingerprint density at radius 2 is 0.828 bits per heavy atom. The molecule has 296 valence electrons. The van der Waals surface area contributed by atoms with Crippen LogP contribution in [0.2, 0.25) is 0 Å². The average molecular weight is 815 g/mol. The van der Waals surface area contributed by atoms with Gasteiger partial charge < -0.3 is 4.42 Å². The molecule has 0 fully saturated rings. The third-order valence-corrected chi connectivity index (χ3v) is 13.2. The Hall–Kier alpha value is -8.67. The van der Waals surface area contributed by atoms with Gasteiger partial charge in [-0.1, -0.05) is 176 Å². The smallest absolute Gasteiger partial charge is 0.238 e. The van der Waals surface area contributed by atoms with Gasteiger partial charge in [0.05, 0.1) is 11.0 Å². The van der Waals surface area contributed by atoms with Crippen LogP contribution in [0.15, 0.2) is 211 Å². The minimum Gasteiger partial charge on any atom is -0.455 e. The summed E-state index contributed by atoms with van der Waals surface area (Å²) in [6, 6.07) is 73.3. The molecule has 0 amide bonds. The summed E-state index contributed by atoms with van der Waals surface area (Å²) in [5.74, 6) is 1.70. The standard InChI is InChI=1S/C59H34N4O/c1-6-18-42-35(13-1)29-31-50-54(42)55-43-19-7-2-14-36(43)30-32-51(55)63(50)59-61-57(38-27-25-37(26-28-38)48-33-39-15-3-5-17-41(39)45-21-9-10-22-46(45)48)60-58(62-59)49-34-40-16-4-8-20-44(40)56-53(49)47-23-11-12-24-52(47)64-56/h1-34H. The average Bonchev–Trinajstić information content (AvgIpc) is 3.93. The van der Waals surface area contributed by atoms with Gasteiger partial charge >= 0.3 is 0 Å². The molecule has 5 nitrogen and oxygen atoms in total. The Labute approximate surface area is 366 Å². The molecule has 5 heteroatoms. The first-order valence-corrected chi connectivity index (χ1v) is 21.7. The molecule has 0 atom stereocenters. The lowest BCUT2D eigenvalue weighted by Gasteiger charge is -2.13. The topological polar surface area (TPSA) is 56.7 Å². The van der Waals surface area contributed by atoms with Crippen LogP contribution in [-0.2, 0) is 0 Å². The van der Waals surface area contributed by atoms with Crippen molar-refractivity contribution >= 4 is 97.6 Å². The number of hydrogen-bond donors (Lipinski definition) is 0. The summed E-state index contributed by atoms with van der Waals surface area (Å²) in [4.78, 5) is 16.3. The Morgan fingerprint density at radius 1 is 0.328 bits per heavy atom. The van der Waals surface area contributed by atoms with Gasteiger partial charge in [0.15, 0.2) is 11.6 Å². The molecule has 0 aliphatic rings. The Bertz CT molecular complexity index is 4160. The summed E-state index contributed by atoms with van der Waals surface area (Å²) in [6.45, 7) is 0. The second kappa shape index (κ2) is 13.4. The zero-order valence-electron chi connectivity index (χ0n) is 34.3. The van der Waals surface area contributed by atoms with E-state index in [-0.39, 0.29) is 0 Å². The maximum atomic E-state index is 6.68. The van der Waals surface area contributed by atoms with Crippen LogP contribution in [-0.4, -0.2) is 19.5 Å². The van der Waals surface area contributed by atoms with Crippen LogP contribution in [0.3, 0.4) is 0 Å². The van der Waals surface area contributed by atoms with Gasteiger partial charge in [0, 0.05) is 38.1 Å². The molecule has 0 aliphatic heterocycles. The molecule has 14 aromatic rings. The molecule has 0 unspecified atom stereocenters. The molecule has 0 aliphatic carbocycles. The van der Waals surface area contributed by atoms with Gasteiger partial charge in [-0.25, -0.2) is 4.98 Å². The van der Waals surface area contributed by atoms with Crippen molar-refractivity contribution in [2.75, 3.05) is 0 Å². The third-order valence-electron chi connectivity index (χ3n) is 13.2. The third kappa shape index (κ3) is 5.09. The van der Waals surface area contributed by atoms with Crippen molar-refractivity contribution in [3.8, 4) is 39.9 Å². The maximum Gasteiger partial charge on any atom is 0.238 e. The van der Waals surface area contributed by atoms with E-state index in [1.165, 1.54) is 59.4 Å². The van der Waals surface area contributed by atoms with Gasteiger partial charge in [-0.2, -0.15) is 9.97 Å². The predicted molar refractivity (Wildman–Crippen MR) is 265 cm³/mol. The van der Waals surface area contributed by atoms with Crippen LogP contribution < -0.4 is 0 Å². The Morgan fingerprint density at radius 3 is 1.52 bits per heavy atom. The van der Waals surface area contributed by atoms with Gasteiger partial charge in [0.2, 0.25) is 5.95 Å². The second-order valence-electron chi connectivity index (χ2n) is 16.7. The molecular weight excluding hydrogens is 781 g/mol. The van der Waals surface area contributed by atoms with Gasteiger partial charge in [0.1, 0.15) is 11.2 Å². The molecular formula is C59H34N4O. The molecule has 14 rings (SSSR count). The van der Waals surface area contributed by atoms with Crippen molar-refractivity contribution in [3.63, 3.8) is 0 Å². The van der Waals surface area contributed by atoms with Gasteiger partial charge in [-0.15, -0.1) is 0 Å². The first kappa shape index (κ1) is 35.0. The van der Waals surface area contributed by atoms with Crippen molar-refractivity contribution in [3.05, 3.63) is 206 Å². The predicted octanol–water partition coefficient (Wildman–Crippen LogP) is 15.6. The summed E-state index contributed by atoms with van der Waals surface area (Å²) in [5.41, 5.74) is 7.80. The highest BCUT2D eigenvalue weighted by molar-refractivity contribution is 6.28. The minimum atomic E-state index is 0.546. The highest BCUT2D eigenvalue weighted by atomic mass is 16.3. The summed E-state index contributed by atoms with van der Waals surface area (Å²) in [7, 11) is 0. The number of rotatable bonds is 4. The van der Waals surface area contributed by atoms with E-state index in [0.29, 0.717) is 17.6 Å². The SMILES string of the molecule is c1ccc2c(c1)cc(-c1ccc(-c3nc(-c4cc5ccccc5c5oc6ccccc6c45)nc(-n4c5ccc6ccccc6c5c5c6ccccc6ccc54)n3)cc1)c1ccccc12. The minimum absolute atomic E-state index is 0.546. The van der Waals surface area contributed by atoms with E-state index >= 15 is 0 Å². The van der Waals surface area contributed by atoms with Crippen molar-refractivity contribution < 1.29 is 4.42 Å². The lowest BCUT2D eigenvalue weighted by Crippen LogP contribution is -2.06. The van der Waals surface area contributed by atoms with Gasteiger partial charge in [0.25, 0.3) is 0 Å². The maximum absolute atomic E-state index is 6.68. The van der Waals surface area contributed by atoms with Crippen LogP contribution in [0.4, 0.5) is 0 Å². The van der Waals surface area contributed by atoms with Crippen LogP contribution in [0, 0.1) is 0 Å². The molecule has 64 heavy (non-hydrogen) atoms. The number of nitrogens with zero attached hydrogens (tertiary/aromatic N) is 4. The van der Waals surface area contributed by atoms with Crippen LogP contribution in [0.25, 0.3) is 137 Å². The van der Waals surface area contributed by atoms with Crippen molar-refractivity contribution in [1.82, 2.24) is 19.5 Å². The second-order valence-corrected chi connectivity index (χ2v) is 16.7. The fraction of sp³-hybridized carbons (Fsp3) is 0. The number of furan rings is 1. The van der Waals surface area contributed by atoms with Crippen molar-refractivity contribution in [2.45, 2.75) is 0 Å². The molecule has 0 bridgehead atoms. The quantitative estimate of drug-likeness (QED) is 0.166. The van der Waals surface area contributed by atoms with E-state index in [1.54, 1.807) is 0 Å². The van der Waals surface area contributed by atoms with Crippen LogP contribution >= 0.6 is 0 Å². The first-order valence-electron chi connectivity index (χ1n) is 21.7. The van der Waals surface area contributed by atoms with E-state index in [0.717, 1.165) is 60.4 Å².